The molecule has 0 bridgehead atoms. The summed E-state index contributed by atoms with van der Waals surface area (Å²) in [6.07, 6.45) is 3.22. The van der Waals surface area contributed by atoms with Gasteiger partial charge in [0, 0.05) is 18.0 Å². The SMILES string of the molecule is Cc1cc(C)c(Oc2cc(Nc3ccc(C#N)cc3)ncc2C(=O)NCc2cn(Cc3cccc(C#N)c3)nn2)c(C)c1. The number of hydrogen-bond donors (Lipinski definition) is 2. The summed E-state index contributed by atoms with van der Waals surface area (Å²) >= 11 is 0. The molecule has 0 spiro atoms. The number of anilines is 2. The molecule has 0 fully saturated rings. The van der Waals surface area contributed by atoms with E-state index in [4.69, 9.17) is 15.3 Å². The number of aromatic nitrogens is 4. The number of aryl methyl sites for hydroxylation is 3. The van der Waals surface area contributed by atoms with Gasteiger partial charge in [-0.25, -0.2) is 9.67 Å². The Hall–Kier alpha value is -6.00. The highest BCUT2D eigenvalue weighted by Gasteiger charge is 2.18. The number of nitrogens with one attached hydrogen (secondary N) is 2. The summed E-state index contributed by atoms with van der Waals surface area (Å²) in [5.74, 6) is 1.09. The number of pyridine rings is 1. The van der Waals surface area contributed by atoms with E-state index < -0.39 is 0 Å². The second-order valence-electron chi connectivity index (χ2n) is 10.1. The van der Waals surface area contributed by atoms with Crippen LogP contribution in [-0.2, 0) is 13.1 Å². The molecule has 1 amide bonds. The summed E-state index contributed by atoms with van der Waals surface area (Å²) in [5, 5.41) is 32.6. The Morgan fingerprint density at radius 3 is 2.42 bits per heavy atom. The van der Waals surface area contributed by atoms with Crippen molar-refractivity contribution in [3.8, 4) is 23.6 Å². The van der Waals surface area contributed by atoms with Crippen molar-refractivity contribution in [1.82, 2.24) is 25.3 Å². The molecule has 5 aromatic rings. The molecular weight excluding hydrogens is 540 g/mol. The molecule has 0 saturated carbocycles. The van der Waals surface area contributed by atoms with Crippen LogP contribution in [0.25, 0.3) is 0 Å². The number of amides is 1. The maximum atomic E-state index is 13.4. The third kappa shape index (κ3) is 7.02. The molecule has 0 aliphatic rings. The standard InChI is InChI=1S/C33H28N8O2/c1-21-11-22(2)32(23(3)12-21)43-30-14-31(38-27-9-7-24(15-34)8-10-27)36-18-29(30)33(42)37-17-28-20-41(40-39-28)19-26-6-4-5-25(13-26)16-35/h4-14,18,20H,17,19H2,1-3H3,(H,36,38)(H,37,42). The lowest BCUT2D eigenvalue weighted by Crippen LogP contribution is -2.24. The van der Waals surface area contributed by atoms with Crippen molar-refractivity contribution in [2.24, 2.45) is 0 Å². The molecule has 10 nitrogen and oxygen atoms in total. The molecule has 2 N–H and O–H groups in total. The Bertz CT molecular complexity index is 1860. The highest BCUT2D eigenvalue weighted by atomic mass is 16.5. The molecule has 5 rings (SSSR count). The van der Waals surface area contributed by atoms with Crippen LogP contribution in [0.15, 0.2) is 79.1 Å². The number of benzene rings is 3. The Morgan fingerprint density at radius 2 is 1.70 bits per heavy atom. The lowest BCUT2D eigenvalue weighted by molar-refractivity contribution is 0.0947. The molecule has 0 unspecified atom stereocenters. The van der Waals surface area contributed by atoms with Crippen molar-refractivity contribution in [1.29, 1.82) is 10.5 Å². The second-order valence-corrected chi connectivity index (χ2v) is 10.1. The molecule has 0 aliphatic carbocycles. The number of carbonyl (C=O) groups excluding carboxylic acids is 1. The minimum absolute atomic E-state index is 0.143. The summed E-state index contributed by atoms with van der Waals surface area (Å²) in [4.78, 5) is 17.8. The van der Waals surface area contributed by atoms with Crippen molar-refractivity contribution in [3.63, 3.8) is 0 Å². The molecule has 0 atom stereocenters. The largest absolute Gasteiger partial charge is 0.456 e. The lowest BCUT2D eigenvalue weighted by Gasteiger charge is -2.16. The summed E-state index contributed by atoms with van der Waals surface area (Å²) < 4.78 is 8.02. The molecule has 0 saturated heterocycles. The van der Waals surface area contributed by atoms with Gasteiger partial charge in [-0.1, -0.05) is 35.0 Å². The summed E-state index contributed by atoms with van der Waals surface area (Å²) in [6.45, 7) is 6.54. The Balaban J connectivity index is 1.35. The van der Waals surface area contributed by atoms with Crippen LogP contribution in [0, 0.1) is 43.4 Å². The van der Waals surface area contributed by atoms with E-state index in [2.05, 4.69) is 38.1 Å². The topological polar surface area (TPSA) is 142 Å². The monoisotopic (exact) mass is 568 g/mol. The lowest BCUT2D eigenvalue weighted by atomic mass is 10.1. The number of rotatable bonds is 9. The number of nitriles is 2. The minimum atomic E-state index is -0.383. The molecular formula is C33H28N8O2. The van der Waals surface area contributed by atoms with E-state index in [9.17, 15) is 4.79 Å². The van der Waals surface area contributed by atoms with Crippen LogP contribution >= 0.6 is 0 Å². The molecule has 2 aromatic heterocycles. The third-order valence-electron chi connectivity index (χ3n) is 6.63. The van der Waals surface area contributed by atoms with Crippen molar-refractivity contribution in [3.05, 3.63) is 124 Å². The van der Waals surface area contributed by atoms with E-state index in [0.717, 1.165) is 27.9 Å². The fraction of sp³-hybridized carbons (Fsp3) is 0.152. The predicted octanol–water partition coefficient (Wildman–Crippen LogP) is 5.86. The van der Waals surface area contributed by atoms with Crippen molar-refractivity contribution in [2.75, 3.05) is 5.32 Å². The van der Waals surface area contributed by atoms with Crippen LogP contribution in [0.5, 0.6) is 11.5 Å². The first-order chi connectivity index (χ1) is 20.8. The maximum absolute atomic E-state index is 13.4. The quantitative estimate of drug-likeness (QED) is 0.225. The van der Waals surface area contributed by atoms with E-state index >= 15 is 0 Å². The maximum Gasteiger partial charge on any atom is 0.256 e. The van der Waals surface area contributed by atoms with E-state index in [-0.39, 0.29) is 18.0 Å². The Kier molecular flexibility index (Phi) is 8.40. The number of hydrogen-bond acceptors (Lipinski definition) is 8. The van der Waals surface area contributed by atoms with Gasteiger partial charge < -0.3 is 15.4 Å². The van der Waals surface area contributed by atoms with Crippen LogP contribution in [0.2, 0.25) is 0 Å². The summed E-state index contributed by atoms with van der Waals surface area (Å²) in [6, 6.07) is 24.2. The normalized spacial score (nSPS) is 10.4. The first kappa shape index (κ1) is 28.5. The number of carbonyl (C=O) groups is 1. The van der Waals surface area contributed by atoms with Gasteiger partial charge in [0.25, 0.3) is 5.91 Å². The number of nitrogens with zero attached hydrogens (tertiary/aromatic N) is 6. The van der Waals surface area contributed by atoms with E-state index in [1.807, 2.05) is 45.0 Å². The van der Waals surface area contributed by atoms with Gasteiger partial charge in [-0.05, 0) is 73.9 Å². The fourth-order valence-corrected chi connectivity index (χ4v) is 4.66. The molecule has 0 radical (unpaired) electrons. The van der Waals surface area contributed by atoms with Crippen LogP contribution in [0.4, 0.5) is 11.5 Å². The van der Waals surface area contributed by atoms with E-state index in [1.54, 1.807) is 53.3 Å². The van der Waals surface area contributed by atoms with E-state index in [1.165, 1.54) is 6.20 Å². The summed E-state index contributed by atoms with van der Waals surface area (Å²) in [7, 11) is 0. The molecule has 0 aliphatic heterocycles. The smallest absolute Gasteiger partial charge is 0.256 e. The van der Waals surface area contributed by atoms with Gasteiger partial charge >= 0.3 is 0 Å². The highest BCUT2D eigenvalue weighted by Crippen LogP contribution is 2.33. The minimum Gasteiger partial charge on any atom is -0.456 e. The zero-order chi connectivity index (χ0) is 30.3. The fourth-order valence-electron chi connectivity index (χ4n) is 4.66. The Morgan fingerprint density at radius 1 is 0.953 bits per heavy atom. The van der Waals surface area contributed by atoms with Crippen LogP contribution in [-0.4, -0.2) is 25.9 Å². The second kappa shape index (κ2) is 12.7. The molecule has 3 aromatic carbocycles. The van der Waals surface area contributed by atoms with Gasteiger partial charge in [-0.2, -0.15) is 10.5 Å². The van der Waals surface area contributed by atoms with Gasteiger partial charge in [-0.3, -0.25) is 4.79 Å². The first-order valence-corrected chi connectivity index (χ1v) is 13.5. The Labute approximate surface area is 249 Å². The van der Waals surface area contributed by atoms with Gasteiger partial charge in [-0.15, -0.1) is 5.10 Å². The third-order valence-corrected chi connectivity index (χ3v) is 6.63. The average Bonchev–Trinajstić information content (AvgIpc) is 3.45. The first-order valence-electron chi connectivity index (χ1n) is 13.5. The van der Waals surface area contributed by atoms with Crippen LogP contribution in [0.3, 0.4) is 0 Å². The highest BCUT2D eigenvalue weighted by molar-refractivity contribution is 5.97. The van der Waals surface area contributed by atoms with Gasteiger partial charge in [0.2, 0.25) is 0 Å². The van der Waals surface area contributed by atoms with Gasteiger partial charge in [0.05, 0.1) is 42.6 Å². The summed E-state index contributed by atoms with van der Waals surface area (Å²) in [5.41, 5.74) is 6.61. The van der Waals surface area contributed by atoms with Crippen molar-refractivity contribution in [2.45, 2.75) is 33.9 Å². The molecule has 212 valence electrons. The van der Waals surface area contributed by atoms with Crippen LogP contribution < -0.4 is 15.4 Å². The van der Waals surface area contributed by atoms with Crippen molar-refractivity contribution < 1.29 is 9.53 Å². The molecule has 2 heterocycles. The zero-order valence-corrected chi connectivity index (χ0v) is 23.9. The van der Waals surface area contributed by atoms with Gasteiger partial charge in [0.15, 0.2) is 0 Å². The number of ether oxygens (including phenoxy) is 1. The van der Waals surface area contributed by atoms with E-state index in [0.29, 0.717) is 40.7 Å². The molecule has 10 heteroatoms. The van der Waals surface area contributed by atoms with Crippen molar-refractivity contribution >= 4 is 17.4 Å². The molecule has 43 heavy (non-hydrogen) atoms. The zero-order valence-electron chi connectivity index (χ0n) is 23.9. The van der Waals surface area contributed by atoms with Gasteiger partial charge in [0.1, 0.15) is 28.6 Å². The predicted molar refractivity (Wildman–Crippen MR) is 161 cm³/mol. The van der Waals surface area contributed by atoms with Crippen LogP contribution in [0.1, 0.15) is 49.4 Å². The average molecular weight is 569 g/mol.